The molecule has 0 fully saturated rings. The minimum Gasteiger partial charge on any atom is -0.479 e. The molecule has 2 aromatic heterocycles. The van der Waals surface area contributed by atoms with Crippen LogP contribution in [0.3, 0.4) is 0 Å². The van der Waals surface area contributed by atoms with Crippen molar-refractivity contribution >= 4 is 17.7 Å². The van der Waals surface area contributed by atoms with Gasteiger partial charge in [0, 0.05) is 39.1 Å². The van der Waals surface area contributed by atoms with Gasteiger partial charge in [0.05, 0.1) is 6.20 Å². The van der Waals surface area contributed by atoms with E-state index >= 15 is 0 Å². The van der Waals surface area contributed by atoms with Gasteiger partial charge in [-0.15, -0.1) is 0 Å². The number of nitrogens with one attached hydrogen (secondary N) is 1. The second kappa shape index (κ2) is 5.55. The SMILES string of the molecule is CN(C)c1nccc(NC(C(=O)O)c2cnn(C)c2)n1. The van der Waals surface area contributed by atoms with Gasteiger partial charge in [-0.05, 0) is 6.07 Å². The second-order valence-electron chi connectivity index (χ2n) is 4.50. The molecule has 0 radical (unpaired) electrons. The standard InChI is InChI=1S/C12H16N6O2/c1-17(2)12-13-5-4-9(16-12)15-10(11(19)20)8-6-14-18(3)7-8/h4-7,10H,1-3H3,(H,19,20)(H,13,15,16). The zero-order valence-electron chi connectivity index (χ0n) is 11.5. The van der Waals surface area contributed by atoms with Crippen LogP contribution in [0.5, 0.6) is 0 Å². The van der Waals surface area contributed by atoms with Crippen LogP contribution in [0.4, 0.5) is 11.8 Å². The van der Waals surface area contributed by atoms with Gasteiger partial charge >= 0.3 is 5.97 Å². The van der Waals surface area contributed by atoms with Gasteiger partial charge in [0.25, 0.3) is 0 Å². The summed E-state index contributed by atoms with van der Waals surface area (Å²) < 4.78 is 1.55. The van der Waals surface area contributed by atoms with E-state index in [0.717, 1.165) is 0 Å². The van der Waals surface area contributed by atoms with E-state index in [1.54, 1.807) is 35.1 Å². The molecular weight excluding hydrogens is 260 g/mol. The van der Waals surface area contributed by atoms with E-state index in [1.807, 2.05) is 14.1 Å². The van der Waals surface area contributed by atoms with Crippen LogP contribution in [0, 0.1) is 0 Å². The van der Waals surface area contributed by atoms with Crippen molar-refractivity contribution < 1.29 is 9.90 Å². The summed E-state index contributed by atoms with van der Waals surface area (Å²) in [5.41, 5.74) is 0.560. The predicted molar refractivity (Wildman–Crippen MR) is 73.6 cm³/mol. The Kier molecular flexibility index (Phi) is 3.83. The molecule has 0 aliphatic carbocycles. The highest BCUT2D eigenvalue weighted by Crippen LogP contribution is 2.19. The molecule has 1 atom stereocenters. The van der Waals surface area contributed by atoms with Crippen LogP contribution in [0.2, 0.25) is 0 Å². The Bertz CT molecular complexity index is 609. The van der Waals surface area contributed by atoms with Crippen molar-refractivity contribution in [1.82, 2.24) is 19.7 Å². The van der Waals surface area contributed by atoms with Crippen molar-refractivity contribution in [3.05, 3.63) is 30.2 Å². The first-order valence-electron chi connectivity index (χ1n) is 5.95. The normalized spacial score (nSPS) is 11.9. The van der Waals surface area contributed by atoms with Crippen LogP contribution in [0.1, 0.15) is 11.6 Å². The number of aliphatic carboxylic acids is 1. The summed E-state index contributed by atoms with van der Waals surface area (Å²) in [5.74, 6) is -0.0479. The van der Waals surface area contributed by atoms with Gasteiger partial charge in [0.15, 0.2) is 6.04 Å². The highest BCUT2D eigenvalue weighted by Gasteiger charge is 2.21. The van der Waals surface area contributed by atoms with Gasteiger partial charge in [-0.25, -0.2) is 9.78 Å². The Labute approximate surface area is 116 Å². The maximum atomic E-state index is 11.4. The Morgan fingerprint density at radius 3 is 2.80 bits per heavy atom. The van der Waals surface area contributed by atoms with E-state index in [2.05, 4.69) is 20.4 Å². The molecule has 8 nitrogen and oxygen atoms in total. The number of carboxylic acids is 1. The number of rotatable bonds is 5. The van der Waals surface area contributed by atoms with E-state index in [0.29, 0.717) is 17.3 Å². The minimum absolute atomic E-state index is 0.444. The van der Waals surface area contributed by atoms with Gasteiger partial charge in [-0.2, -0.15) is 10.1 Å². The molecule has 2 rings (SSSR count). The molecule has 106 valence electrons. The number of carbonyl (C=O) groups is 1. The first-order valence-corrected chi connectivity index (χ1v) is 5.95. The summed E-state index contributed by atoms with van der Waals surface area (Å²) in [6, 6.07) is 0.716. The lowest BCUT2D eigenvalue weighted by atomic mass is 10.1. The number of hydrogen-bond donors (Lipinski definition) is 2. The second-order valence-corrected chi connectivity index (χ2v) is 4.50. The summed E-state index contributed by atoms with van der Waals surface area (Å²) in [6.45, 7) is 0. The van der Waals surface area contributed by atoms with Crippen molar-refractivity contribution in [3.8, 4) is 0 Å². The molecule has 0 bridgehead atoms. The van der Waals surface area contributed by atoms with Gasteiger partial charge in [0.2, 0.25) is 5.95 Å². The predicted octanol–water partition coefficient (Wildman–Crippen LogP) is 0.514. The van der Waals surface area contributed by atoms with Crippen molar-refractivity contribution in [2.24, 2.45) is 7.05 Å². The monoisotopic (exact) mass is 276 g/mol. The molecule has 2 aromatic rings. The van der Waals surface area contributed by atoms with Crippen molar-refractivity contribution in [1.29, 1.82) is 0 Å². The summed E-state index contributed by atoms with van der Waals surface area (Å²) in [6.07, 6.45) is 4.74. The summed E-state index contributed by atoms with van der Waals surface area (Å²) in [7, 11) is 5.36. The Morgan fingerprint density at radius 2 is 2.25 bits per heavy atom. The van der Waals surface area contributed by atoms with Crippen LogP contribution in [0.25, 0.3) is 0 Å². The zero-order valence-corrected chi connectivity index (χ0v) is 11.5. The molecule has 8 heteroatoms. The molecule has 1 unspecified atom stereocenters. The number of carboxylic acid groups (broad SMARTS) is 1. The zero-order chi connectivity index (χ0) is 14.7. The van der Waals surface area contributed by atoms with E-state index < -0.39 is 12.0 Å². The Hall–Kier alpha value is -2.64. The molecular formula is C12H16N6O2. The number of nitrogens with zero attached hydrogens (tertiary/aromatic N) is 5. The molecule has 20 heavy (non-hydrogen) atoms. The minimum atomic E-state index is -0.997. The molecule has 0 aliphatic rings. The Morgan fingerprint density at radius 1 is 1.50 bits per heavy atom. The fourth-order valence-electron chi connectivity index (χ4n) is 1.67. The van der Waals surface area contributed by atoms with Crippen molar-refractivity contribution in [3.63, 3.8) is 0 Å². The highest BCUT2D eigenvalue weighted by atomic mass is 16.4. The van der Waals surface area contributed by atoms with Gasteiger partial charge in [0.1, 0.15) is 5.82 Å². The van der Waals surface area contributed by atoms with Crippen LogP contribution in [0.15, 0.2) is 24.7 Å². The largest absolute Gasteiger partial charge is 0.479 e. The molecule has 0 aliphatic heterocycles. The Balaban J connectivity index is 2.25. The molecule has 0 saturated heterocycles. The number of anilines is 2. The average molecular weight is 276 g/mol. The number of hydrogen-bond acceptors (Lipinski definition) is 6. The first-order chi connectivity index (χ1) is 9.47. The fraction of sp³-hybridized carbons (Fsp3) is 0.333. The lowest BCUT2D eigenvalue weighted by Crippen LogP contribution is -2.21. The highest BCUT2D eigenvalue weighted by molar-refractivity contribution is 5.78. The molecule has 2 heterocycles. The quantitative estimate of drug-likeness (QED) is 0.821. The average Bonchev–Trinajstić information content (AvgIpc) is 2.82. The molecule has 0 saturated carbocycles. The summed E-state index contributed by atoms with van der Waals surface area (Å²) >= 11 is 0. The van der Waals surface area contributed by atoms with Crippen LogP contribution in [-0.4, -0.2) is 44.9 Å². The smallest absolute Gasteiger partial charge is 0.330 e. The van der Waals surface area contributed by atoms with Gasteiger partial charge in [-0.1, -0.05) is 0 Å². The lowest BCUT2D eigenvalue weighted by Gasteiger charge is -2.15. The number of aromatic nitrogens is 4. The maximum absolute atomic E-state index is 11.4. The van der Waals surface area contributed by atoms with Gasteiger partial charge < -0.3 is 15.3 Å². The molecule has 0 aromatic carbocycles. The van der Waals surface area contributed by atoms with E-state index in [-0.39, 0.29) is 0 Å². The first kappa shape index (κ1) is 13.8. The third-order valence-electron chi connectivity index (χ3n) is 2.64. The van der Waals surface area contributed by atoms with E-state index in [4.69, 9.17) is 0 Å². The fourth-order valence-corrected chi connectivity index (χ4v) is 1.67. The third kappa shape index (κ3) is 3.02. The number of aryl methyl sites for hydroxylation is 1. The summed E-state index contributed by atoms with van der Waals surface area (Å²) in [4.78, 5) is 21.4. The molecule has 0 spiro atoms. The van der Waals surface area contributed by atoms with Crippen molar-refractivity contribution in [2.45, 2.75) is 6.04 Å². The van der Waals surface area contributed by atoms with E-state index in [9.17, 15) is 9.90 Å². The molecule has 0 amide bonds. The van der Waals surface area contributed by atoms with Crippen LogP contribution < -0.4 is 10.2 Å². The van der Waals surface area contributed by atoms with Crippen molar-refractivity contribution in [2.75, 3.05) is 24.3 Å². The topological polar surface area (TPSA) is 96.2 Å². The van der Waals surface area contributed by atoms with Crippen LogP contribution in [-0.2, 0) is 11.8 Å². The third-order valence-corrected chi connectivity index (χ3v) is 2.64. The summed E-state index contributed by atoms with van der Waals surface area (Å²) in [5, 5.41) is 16.2. The lowest BCUT2D eigenvalue weighted by molar-refractivity contribution is -0.138. The van der Waals surface area contributed by atoms with Crippen LogP contribution >= 0.6 is 0 Å². The van der Waals surface area contributed by atoms with Gasteiger partial charge in [-0.3, -0.25) is 4.68 Å². The van der Waals surface area contributed by atoms with E-state index in [1.165, 1.54) is 6.20 Å². The molecule has 2 N–H and O–H groups in total. The maximum Gasteiger partial charge on any atom is 0.330 e.